The Morgan fingerprint density at radius 3 is 2.74 bits per heavy atom. The van der Waals surface area contributed by atoms with Gasteiger partial charge in [0, 0.05) is 16.1 Å². The molecule has 118 valence electrons. The topological polar surface area (TPSA) is 16.4 Å². The SMILES string of the molecule is Cc1ccccc1N1C(C)c2sc3ccoc3c2C12CCCC2. The Balaban J connectivity index is 1.79. The van der Waals surface area contributed by atoms with Gasteiger partial charge in [0.25, 0.3) is 0 Å². The third-order valence-electron chi connectivity index (χ3n) is 5.82. The molecule has 1 fully saturated rings. The molecule has 1 aromatic carbocycles. The van der Waals surface area contributed by atoms with Crippen LogP contribution in [0.5, 0.6) is 0 Å². The lowest BCUT2D eigenvalue weighted by Gasteiger charge is -2.41. The number of benzene rings is 1. The molecule has 5 rings (SSSR count). The summed E-state index contributed by atoms with van der Waals surface area (Å²) in [6.45, 7) is 4.60. The van der Waals surface area contributed by atoms with Crippen LogP contribution in [0.25, 0.3) is 10.3 Å². The Hall–Kier alpha value is -1.74. The molecule has 0 N–H and O–H groups in total. The number of aryl methyl sites for hydroxylation is 1. The molecule has 0 amide bonds. The van der Waals surface area contributed by atoms with Crippen molar-refractivity contribution >= 4 is 27.3 Å². The van der Waals surface area contributed by atoms with E-state index < -0.39 is 0 Å². The van der Waals surface area contributed by atoms with Crippen LogP contribution in [-0.4, -0.2) is 0 Å². The zero-order chi connectivity index (χ0) is 15.6. The second-order valence-corrected chi connectivity index (χ2v) is 8.11. The summed E-state index contributed by atoms with van der Waals surface area (Å²) in [6, 6.07) is 11.4. The van der Waals surface area contributed by atoms with E-state index in [1.807, 2.05) is 17.6 Å². The molecule has 1 unspecified atom stereocenters. The van der Waals surface area contributed by atoms with E-state index in [0.29, 0.717) is 6.04 Å². The van der Waals surface area contributed by atoms with Crippen LogP contribution in [-0.2, 0) is 5.54 Å². The van der Waals surface area contributed by atoms with E-state index in [-0.39, 0.29) is 5.54 Å². The maximum Gasteiger partial charge on any atom is 0.150 e. The molecule has 2 aliphatic rings. The summed E-state index contributed by atoms with van der Waals surface area (Å²) in [5.74, 6) is 0. The number of thiophene rings is 1. The van der Waals surface area contributed by atoms with Gasteiger partial charge in [-0.3, -0.25) is 0 Å². The van der Waals surface area contributed by atoms with Crippen molar-refractivity contribution in [3.63, 3.8) is 0 Å². The number of hydrogen-bond acceptors (Lipinski definition) is 3. The van der Waals surface area contributed by atoms with Gasteiger partial charge in [-0.15, -0.1) is 11.3 Å². The molecule has 23 heavy (non-hydrogen) atoms. The summed E-state index contributed by atoms with van der Waals surface area (Å²) in [5, 5.41) is 0. The first-order valence-corrected chi connectivity index (χ1v) is 9.39. The lowest BCUT2D eigenvalue weighted by Crippen LogP contribution is -2.40. The van der Waals surface area contributed by atoms with Crippen molar-refractivity contribution in [2.45, 2.75) is 51.1 Å². The van der Waals surface area contributed by atoms with Gasteiger partial charge in [0.15, 0.2) is 5.58 Å². The molecule has 1 atom stereocenters. The van der Waals surface area contributed by atoms with Crippen molar-refractivity contribution in [3.8, 4) is 0 Å². The third-order valence-corrected chi connectivity index (χ3v) is 7.13. The molecule has 3 heterocycles. The summed E-state index contributed by atoms with van der Waals surface area (Å²) < 4.78 is 7.25. The van der Waals surface area contributed by atoms with E-state index in [0.717, 1.165) is 5.58 Å². The maximum absolute atomic E-state index is 5.93. The Morgan fingerprint density at radius 1 is 1.17 bits per heavy atom. The molecule has 0 saturated heterocycles. The molecular weight excluding hydrogens is 302 g/mol. The highest BCUT2D eigenvalue weighted by molar-refractivity contribution is 7.19. The number of anilines is 1. The minimum atomic E-state index is 0.136. The normalized spacial score (nSPS) is 22.3. The van der Waals surface area contributed by atoms with Gasteiger partial charge in [-0.05, 0) is 44.4 Å². The molecule has 3 aromatic rings. The molecule has 0 bridgehead atoms. The van der Waals surface area contributed by atoms with E-state index in [1.54, 1.807) is 0 Å². The second kappa shape index (κ2) is 4.64. The van der Waals surface area contributed by atoms with Crippen molar-refractivity contribution in [1.29, 1.82) is 0 Å². The predicted octanol–water partition coefficient (Wildman–Crippen LogP) is 6.15. The molecular formula is C20H21NOS. The number of furan rings is 1. The Kier molecular flexibility index (Phi) is 2.76. The molecule has 2 aromatic heterocycles. The van der Waals surface area contributed by atoms with Gasteiger partial charge in [0.1, 0.15) is 0 Å². The van der Waals surface area contributed by atoms with Gasteiger partial charge in [-0.2, -0.15) is 0 Å². The van der Waals surface area contributed by atoms with Gasteiger partial charge in [0.2, 0.25) is 0 Å². The third kappa shape index (κ3) is 1.64. The average molecular weight is 323 g/mol. The first-order valence-electron chi connectivity index (χ1n) is 8.58. The van der Waals surface area contributed by atoms with E-state index in [4.69, 9.17) is 4.42 Å². The minimum Gasteiger partial charge on any atom is -0.463 e. The molecule has 0 radical (unpaired) electrons. The lowest BCUT2D eigenvalue weighted by atomic mass is 9.89. The first kappa shape index (κ1) is 13.7. The molecule has 1 aliphatic heterocycles. The van der Waals surface area contributed by atoms with Gasteiger partial charge in [0.05, 0.1) is 22.5 Å². The number of rotatable bonds is 1. The highest BCUT2D eigenvalue weighted by atomic mass is 32.1. The Morgan fingerprint density at radius 2 is 1.96 bits per heavy atom. The van der Waals surface area contributed by atoms with Crippen LogP contribution >= 0.6 is 11.3 Å². The number of nitrogens with zero attached hydrogens (tertiary/aromatic N) is 1. The fourth-order valence-electron chi connectivity index (χ4n) is 4.91. The van der Waals surface area contributed by atoms with E-state index in [9.17, 15) is 0 Å². The summed E-state index contributed by atoms with van der Waals surface area (Å²) in [6.07, 6.45) is 6.96. The predicted molar refractivity (Wildman–Crippen MR) is 96.3 cm³/mol. The van der Waals surface area contributed by atoms with Crippen molar-refractivity contribution in [2.24, 2.45) is 0 Å². The molecule has 3 heteroatoms. The fraction of sp³-hybridized carbons (Fsp3) is 0.400. The van der Waals surface area contributed by atoms with Crippen LogP contribution in [0.2, 0.25) is 0 Å². The van der Waals surface area contributed by atoms with Gasteiger partial charge < -0.3 is 9.32 Å². The van der Waals surface area contributed by atoms with Gasteiger partial charge in [-0.25, -0.2) is 0 Å². The second-order valence-electron chi connectivity index (χ2n) is 7.03. The molecule has 1 aliphatic carbocycles. The first-order chi connectivity index (χ1) is 11.2. The van der Waals surface area contributed by atoms with Crippen LogP contribution in [0.1, 0.15) is 54.7 Å². The van der Waals surface area contributed by atoms with E-state index in [1.165, 1.54) is 52.1 Å². The maximum atomic E-state index is 5.93. The van der Waals surface area contributed by atoms with Crippen molar-refractivity contribution < 1.29 is 4.42 Å². The van der Waals surface area contributed by atoms with Crippen LogP contribution in [0.15, 0.2) is 41.0 Å². The summed E-state index contributed by atoms with van der Waals surface area (Å²) in [5.41, 5.74) is 5.55. The van der Waals surface area contributed by atoms with Crippen molar-refractivity contribution in [1.82, 2.24) is 0 Å². The number of para-hydroxylation sites is 1. The van der Waals surface area contributed by atoms with E-state index >= 15 is 0 Å². The van der Waals surface area contributed by atoms with Crippen LogP contribution < -0.4 is 4.90 Å². The summed E-state index contributed by atoms with van der Waals surface area (Å²) in [7, 11) is 0. The minimum absolute atomic E-state index is 0.136. The molecule has 1 spiro atoms. The van der Waals surface area contributed by atoms with Crippen LogP contribution in [0, 0.1) is 6.92 Å². The van der Waals surface area contributed by atoms with Crippen molar-refractivity contribution in [2.75, 3.05) is 4.90 Å². The number of hydrogen-bond donors (Lipinski definition) is 0. The highest BCUT2D eigenvalue weighted by Crippen LogP contribution is 2.60. The van der Waals surface area contributed by atoms with Gasteiger partial charge >= 0.3 is 0 Å². The van der Waals surface area contributed by atoms with Crippen LogP contribution in [0.3, 0.4) is 0 Å². The fourth-order valence-corrected chi connectivity index (χ4v) is 6.17. The largest absolute Gasteiger partial charge is 0.463 e. The number of fused-ring (bicyclic) bond motifs is 4. The average Bonchev–Trinajstić information content (AvgIpc) is 3.26. The van der Waals surface area contributed by atoms with E-state index in [2.05, 4.69) is 49.1 Å². The van der Waals surface area contributed by atoms with Crippen molar-refractivity contribution in [3.05, 3.63) is 52.6 Å². The van der Waals surface area contributed by atoms with Crippen LogP contribution in [0.4, 0.5) is 5.69 Å². The Bertz CT molecular complexity index is 884. The Labute approximate surface area is 140 Å². The monoisotopic (exact) mass is 323 g/mol. The quantitative estimate of drug-likeness (QED) is 0.534. The smallest absolute Gasteiger partial charge is 0.150 e. The lowest BCUT2D eigenvalue weighted by molar-refractivity contribution is 0.414. The molecule has 2 nitrogen and oxygen atoms in total. The summed E-state index contributed by atoms with van der Waals surface area (Å²) >= 11 is 1.93. The van der Waals surface area contributed by atoms with Gasteiger partial charge in [-0.1, -0.05) is 31.0 Å². The highest BCUT2D eigenvalue weighted by Gasteiger charge is 2.53. The zero-order valence-corrected chi connectivity index (χ0v) is 14.5. The zero-order valence-electron chi connectivity index (χ0n) is 13.6. The summed E-state index contributed by atoms with van der Waals surface area (Å²) in [4.78, 5) is 4.22. The standard InChI is InChI=1S/C20H21NOS/c1-13-7-3-4-8-15(13)21-14(2)19-17(20(21)10-5-6-11-20)18-16(23-19)9-12-22-18/h3-4,7-9,12,14H,5-6,10-11H2,1-2H3. The molecule has 1 saturated carbocycles.